The van der Waals surface area contributed by atoms with Gasteiger partial charge in [-0.1, -0.05) is 30.3 Å². The van der Waals surface area contributed by atoms with E-state index >= 15 is 0 Å². The highest BCUT2D eigenvalue weighted by molar-refractivity contribution is 5.77. The van der Waals surface area contributed by atoms with E-state index in [1.54, 1.807) is 30.3 Å². The van der Waals surface area contributed by atoms with Gasteiger partial charge in [-0.15, -0.1) is 13.2 Å². The van der Waals surface area contributed by atoms with Crippen LogP contribution in [0.1, 0.15) is 10.4 Å². The first kappa shape index (κ1) is 17.8. The van der Waals surface area contributed by atoms with Crippen LogP contribution in [0.3, 0.4) is 0 Å². The van der Waals surface area contributed by atoms with Gasteiger partial charge in [0.05, 0.1) is 6.61 Å². The van der Waals surface area contributed by atoms with Crippen molar-refractivity contribution in [2.24, 2.45) is 0 Å². The molecule has 0 saturated carbocycles. The Morgan fingerprint density at radius 2 is 1.62 bits per heavy atom. The van der Waals surface area contributed by atoms with E-state index in [2.05, 4.69) is 4.74 Å². The molecule has 24 heavy (non-hydrogen) atoms. The monoisotopic (exact) mass is 340 g/mol. The van der Waals surface area contributed by atoms with Gasteiger partial charge in [0.15, 0.2) is 11.5 Å². The van der Waals surface area contributed by atoms with Crippen molar-refractivity contribution in [3.8, 4) is 22.6 Å². The van der Waals surface area contributed by atoms with E-state index in [1.807, 2.05) is 0 Å². The quantitative estimate of drug-likeness (QED) is 0.562. The Hall–Kier alpha value is -2.54. The fourth-order valence-electron chi connectivity index (χ4n) is 2.00. The van der Waals surface area contributed by atoms with Crippen molar-refractivity contribution < 1.29 is 32.2 Å². The maximum Gasteiger partial charge on any atom is 0.573 e. The summed E-state index contributed by atoms with van der Waals surface area (Å²) in [6, 6.07) is 10.7. The lowest BCUT2D eigenvalue weighted by Crippen LogP contribution is -2.18. The Morgan fingerprint density at radius 1 is 0.958 bits per heavy atom. The minimum absolute atomic E-state index is 0.0300. The fourth-order valence-corrected chi connectivity index (χ4v) is 2.00. The molecule has 128 valence electrons. The minimum Gasteiger partial charge on any atom is -0.487 e. The first-order valence-electron chi connectivity index (χ1n) is 7.00. The highest BCUT2D eigenvalue weighted by Crippen LogP contribution is 2.36. The van der Waals surface area contributed by atoms with E-state index in [9.17, 15) is 18.0 Å². The summed E-state index contributed by atoms with van der Waals surface area (Å²) >= 11 is 0. The number of hydrogen-bond acceptors (Lipinski definition) is 4. The number of carbonyl (C=O) groups is 1. The molecular formula is C17H15F3O4. The number of alkyl halides is 3. The number of hydrogen-bond donors (Lipinski definition) is 0. The van der Waals surface area contributed by atoms with E-state index in [1.165, 1.54) is 19.2 Å². The number of benzene rings is 2. The maximum atomic E-state index is 12.6. The summed E-state index contributed by atoms with van der Waals surface area (Å²) in [5, 5.41) is 0. The van der Waals surface area contributed by atoms with Crippen LogP contribution in [0.4, 0.5) is 13.2 Å². The largest absolute Gasteiger partial charge is 0.573 e. The lowest BCUT2D eigenvalue weighted by molar-refractivity contribution is -0.275. The van der Waals surface area contributed by atoms with Gasteiger partial charge < -0.3 is 14.2 Å². The number of rotatable bonds is 7. The second-order valence-electron chi connectivity index (χ2n) is 4.79. The molecule has 2 aromatic carbocycles. The molecule has 0 amide bonds. The second-order valence-corrected chi connectivity index (χ2v) is 4.79. The standard InChI is InChI=1S/C17H15F3O4/c1-22-8-9-23-15-7-6-14(10-16(15)24-17(18,19)20)13-4-2-12(11-21)3-5-13/h2-7,10-11H,8-9H2,1H3. The van der Waals surface area contributed by atoms with Crippen LogP contribution in [0.2, 0.25) is 0 Å². The molecule has 2 rings (SSSR count). The topological polar surface area (TPSA) is 44.8 Å². The number of halogens is 3. The lowest BCUT2D eigenvalue weighted by atomic mass is 10.0. The van der Waals surface area contributed by atoms with Gasteiger partial charge >= 0.3 is 6.36 Å². The third-order valence-electron chi connectivity index (χ3n) is 3.09. The zero-order valence-electron chi connectivity index (χ0n) is 12.8. The molecule has 2 aromatic rings. The summed E-state index contributed by atoms with van der Waals surface area (Å²) in [6.07, 6.45) is -4.14. The first-order valence-corrected chi connectivity index (χ1v) is 7.00. The Kier molecular flexibility index (Phi) is 5.81. The number of carbonyl (C=O) groups excluding carboxylic acids is 1. The molecule has 0 radical (unpaired) electrons. The minimum atomic E-state index is -4.83. The third-order valence-corrected chi connectivity index (χ3v) is 3.09. The maximum absolute atomic E-state index is 12.6. The molecule has 0 heterocycles. The number of aldehydes is 1. The third kappa shape index (κ3) is 4.99. The zero-order chi connectivity index (χ0) is 17.6. The molecule has 0 atom stereocenters. The number of methoxy groups -OCH3 is 1. The first-order chi connectivity index (χ1) is 11.4. The summed E-state index contributed by atoms with van der Waals surface area (Å²) in [6.45, 7) is 0.332. The normalized spacial score (nSPS) is 11.2. The predicted molar refractivity (Wildman–Crippen MR) is 81.3 cm³/mol. The van der Waals surface area contributed by atoms with Crippen molar-refractivity contribution in [3.63, 3.8) is 0 Å². The smallest absolute Gasteiger partial charge is 0.487 e. The van der Waals surface area contributed by atoms with Gasteiger partial charge in [-0.25, -0.2) is 0 Å². The summed E-state index contributed by atoms with van der Waals surface area (Å²) in [7, 11) is 1.46. The highest BCUT2D eigenvalue weighted by atomic mass is 19.4. The molecule has 0 spiro atoms. The van der Waals surface area contributed by atoms with Crippen LogP contribution < -0.4 is 9.47 Å². The lowest BCUT2D eigenvalue weighted by Gasteiger charge is -2.15. The van der Waals surface area contributed by atoms with Gasteiger partial charge in [0.25, 0.3) is 0 Å². The van der Waals surface area contributed by atoms with Crippen LogP contribution in [-0.4, -0.2) is 33.0 Å². The van der Waals surface area contributed by atoms with Crippen LogP contribution >= 0.6 is 0 Å². The molecular weight excluding hydrogens is 325 g/mol. The molecule has 0 aliphatic heterocycles. The van der Waals surface area contributed by atoms with Gasteiger partial charge in [0, 0.05) is 12.7 Å². The highest BCUT2D eigenvalue weighted by Gasteiger charge is 2.32. The van der Waals surface area contributed by atoms with Crippen molar-refractivity contribution in [2.45, 2.75) is 6.36 Å². The molecule has 0 saturated heterocycles. The van der Waals surface area contributed by atoms with Crippen LogP contribution in [0, 0.1) is 0 Å². The van der Waals surface area contributed by atoms with E-state index in [0.29, 0.717) is 23.0 Å². The van der Waals surface area contributed by atoms with Crippen LogP contribution in [0.15, 0.2) is 42.5 Å². The van der Waals surface area contributed by atoms with Crippen LogP contribution in [-0.2, 0) is 4.74 Å². The van der Waals surface area contributed by atoms with Gasteiger partial charge in [-0.2, -0.15) is 0 Å². The summed E-state index contributed by atoms with van der Waals surface area (Å²) in [5.74, 6) is -0.465. The summed E-state index contributed by atoms with van der Waals surface area (Å²) in [5.41, 5.74) is 1.63. The number of ether oxygens (including phenoxy) is 3. The fraction of sp³-hybridized carbons (Fsp3) is 0.235. The van der Waals surface area contributed by atoms with Crippen molar-refractivity contribution in [2.75, 3.05) is 20.3 Å². The van der Waals surface area contributed by atoms with Gasteiger partial charge in [0.1, 0.15) is 12.9 Å². The molecule has 0 N–H and O–H groups in total. The Bertz CT molecular complexity index is 681. The molecule has 0 fully saturated rings. The van der Waals surface area contributed by atoms with E-state index in [4.69, 9.17) is 9.47 Å². The zero-order valence-corrected chi connectivity index (χ0v) is 12.8. The van der Waals surface area contributed by atoms with Crippen LogP contribution in [0.5, 0.6) is 11.5 Å². The molecule has 0 aromatic heterocycles. The van der Waals surface area contributed by atoms with Crippen molar-refractivity contribution in [3.05, 3.63) is 48.0 Å². The van der Waals surface area contributed by atoms with Crippen LogP contribution in [0.25, 0.3) is 11.1 Å². The van der Waals surface area contributed by atoms with Crippen molar-refractivity contribution in [1.29, 1.82) is 0 Å². The van der Waals surface area contributed by atoms with E-state index in [-0.39, 0.29) is 19.0 Å². The Balaban J connectivity index is 2.32. The van der Waals surface area contributed by atoms with Crippen molar-refractivity contribution in [1.82, 2.24) is 0 Å². The average molecular weight is 340 g/mol. The molecule has 4 nitrogen and oxygen atoms in total. The molecule has 0 aliphatic rings. The summed E-state index contributed by atoms with van der Waals surface area (Å²) < 4.78 is 51.9. The molecule has 0 aliphatic carbocycles. The SMILES string of the molecule is COCCOc1ccc(-c2ccc(C=O)cc2)cc1OC(F)(F)F. The van der Waals surface area contributed by atoms with E-state index < -0.39 is 12.1 Å². The van der Waals surface area contributed by atoms with E-state index in [0.717, 1.165) is 0 Å². The molecule has 7 heteroatoms. The Morgan fingerprint density at radius 3 is 2.21 bits per heavy atom. The van der Waals surface area contributed by atoms with Gasteiger partial charge in [-0.3, -0.25) is 4.79 Å². The molecule has 0 bridgehead atoms. The van der Waals surface area contributed by atoms with Gasteiger partial charge in [0.2, 0.25) is 0 Å². The second kappa shape index (κ2) is 7.83. The van der Waals surface area contributed by atoms with Gasteiger partial charge in [-0.05, 0) is 23.3 Å². The van der Waals surface area contributed by atoms with Crippen molar-refractivity contribution >= 4 is 6.29 Å². The molecule has 0 unspecified atom stereocenters. The predicted octanol–water partition coefficient (Wildman–Crippen LogP) is 4.09. The summed E-state index contributed by atoms with van der Waals surface area (Å²) in [4.78, 5) is 10.7. The Labute approximate surface area is 136 Å². The average Bonchev–Trinajstić information content (AvgIpc) is 2.55.